The molecule has 10 nitrogen and oxygen atoms in total. The Morgan fingerprint density at radius 2 is 2.10 bits per heavy atom. The summed E-state index contributed by atoms with van der Waals surface area (Å²) < 4.78 is 15.3. The van der Waals surface area contributed by atoms with Crippen molar-refractivity contribution in [1.29, 1.82) is 0 Å². The summed E-state index contributed by atoms with van der Waals surface area (Å²) in [6, 6.07) is -0.724. The molecule has 116 valence electrons. The summed E-state index contributed by atoms with van der Waals surface area (Å²) >= 11 is 0. The predicted molar refractivity (Wildman–Crippen MR) is 65.4 cm³/mol. The summed E-state index contributed by atoms with van der Waals surface area (Å²) in [7, 11) is 3.88. The Balaban J connectivity index is 2.58. The van der Waals surface area contributed by atoms with E-state index in [1.165, 1.54) is 21.3 Å². The van der Waals surface area contributed by atoms with Gasteiger partial charge in [0.05, 0.1) is 5.29 Å². The number of ether oxygens (including phenoxy) is 3. The minimum atomic E-state index is -1.22. The van der Waals surface area contributed by atoms with Crippen molar-refractivity contribution in [3.63, 3.8) is 0 Å². The van der Waals surface area contributed by atoms with Crippen molar-refractivity contribution in [2.24, 2.45) is 5.29 Å². The molecule has 20 heavy (non-hydrogen) atoms. The van der Waals surface area contributed by atoms with Gasteiger partial charge in [-0.15, -0.1) is 4.91 Å². The molecule has 1 fully saturated rings. The molecule has 1 rings (SSSR count). The number of carbonyl (C=O) groups is 1. The van der Waals surface area contributed by atoms with Gasteiger partial charge in [0.1, 0.15) is 24.4 Å². The number of nitroso groups, excluding NO2 is 1. The van der Waals surface area contributed by atoms with Gasteiger partial charge in [-0.2, -0.15) is 5.01 Å². The second-order valence-corrected chi connectivity index (χ2v) is 4.25. The second-order valence-electron chi connectivity index (χ2n) is 4.25. The Hall–Kier alpha value is -1.33. The quantitative estimate of drug-likeness (QED) is 0.398. The zero-order chi connectivity index (χ0) is 15.3. The van der Waals surface area contributed by atoms with Crippen LogP contribution in [-0.2, 0) is 14.2 Å². The number of urea groups is 1. The highest BCUT2D eigenvalue weighted by Crippen LogP contribution is 2.25. The van der Waals surface area contributed by atoms with Gasteiger partial charge in [-0.3, -0.25) is 0 Å². The van der Waals surface area contributed by atoms with Crippen LogP contribution in [0.2, 0.25) is 0 Å². The van der Waals surface area contributed by atoms with Crippen molar-refractivity contribution < 1.29 is 29.2 Å². The third-order valence-corrected chi connectivity index (χ3v) is 3.03. The van der Waals surface area contributed by atoms with Crippen LogP contribution >= 0.6 is 0 Å². The van der Waals surface area contributed by atoms with E-state index < -0.39 is 36.7 Å². The van der Waals surface area contributed by atoms with E-state index in [2.05, 4.69) is 10.6 Å². The monoisotopic (exact) mass is 293 g/mol. The first-order valence-electron chi connectivity index (χ1n) is 5.88. The zero-order valence-corrected chi connectivity index (χ0v) is 11.4. The zero-order valence-electron chi connectivity index (χ0n) is 11.4. The van der Waals surface area contributed by atoms with Crippen molar-refractivity contribution in [3.8, 4) is 0 Å². The fraction of sp³-hybridized carbons (Fsp3) is 0.900. The number of nitrogens with zero attached hydrogens (tertiary/aromatic N) is 2. The van der Waals surface area contributed by atoms with E-state index in [-0.39, 0.29) is 6.54 Å². The lowest BCUT2D eigenvalue weighted by Gasteiger charge is -2.24. The summed E-state index contributed by atoms with van der Waals surface area (Å²) in [5.74, 6) is 0. The van der Waals surface area contributed by atoms with Crippen LogP contribution in [0.1, 0.15) is 0 Å². The molecule has 0 bridgehead atoms. The van der Waals surface area contributed by atoms with Crippen LogP contribution in [0.25, 0.3) is 0 Å². The van der Waals surface area contributed by atoms with Gasteiger partial charge >= 0.3 is 6.03 Å². The first-order valence-corrected chi connectivity index (χ1v) is 5.88. The Labute approximate surface area is 115 Å². The minimum Gasteiger partial charge on any atom is -0.387 e. The second kappa shape index (κ2) is 7.45. The van der Waals surface area contributed by atoms with Gasteiger partial charge in [-0.05, 0) is 0 Å². The van der Waals surface area contributed by atoms with Crippen molar-refractivity contribution >= 4 is 6.03 Å². The first-order chi connectivity index (χ1) is 9.46. The Bertz CT molecular complexity index is 343. The maximum Gasteiger partial charge on any atom is 0.340 e. The number of aliphatic hydroxyl groups is 2. The van der Waals surface area contributed by atoms with Crippen LogP contribution in [0.4, 0.5) is 4.79 Å². The van der Waals surface area contributed by atoms with Crippen molar-refractivity contribution in [1.82, 2.24) is 10.3 Å². The molecule has 1 aliphatic heterocycles. The molecule has 3 N–H and O–H groups in total. The van der Waals surface area contributed by atoms with Gasteiger partial charge < -0.3 is 29.7 Å². The van der Waals surface area contributed by atoms with E-state index >= 15 is 0 Å². The standard InChI is InChI=1S/C10H19N3O7/c1-13(12-17)10(16)11-4-5(18-2)8-6(14)7(15)9(19-3)20-8/h5-9,14-15H,4H2,1-3H3,(H,11,16)/t5-,6-,7-,8-,9+/m1/s1. The highest BCUT2D eigenvalue weighted by atomic mass is 16.7. The van der Waals surface area contributed by atoms with Crippen LogP contribution in [0, 0.1) is 4.91 Å². The summed E-state index contributed by atoms with van der Waals surface area (Å²) in [5.41, 5.74) is 0. The molecule has 0 saturated carbocycles. The van der Waals surface area contributed by atoms with E-state index in [4.69, 9.17) is 14.2 Å². The van der Waals surface area contributed by atoms with Crippen LogP contribution < -0.4 is 5.32 Å². The van der Waals surface area contributed by atoms with Gasteiger partial charge in [0.25, 0.3) is 0 Å². The number of carbonyl (C=O) groups excluding carboxylic acids is 1. The number of hydrogen-bond donors (Lipinski definition) is 3. The third-order valence-electron chi connectivity index (χ3n) is 3.03. The lowest BCUT2D eigenvalue weighted by Crippen LogP contribution is -2.47. The number of amides is 2. The molecule has 5 atom stereocenters. The molecule has 1 aliphatic rings. The molecule has 1 heterocycles. The van der Waals surface area contributed by atoms with Crippen LogP contribution in [0.15, 0.2) is 5.29 Å². The molecule has 0 aliphatic carbocycles. The Morgan fingerprint density at radius 3 is 2.55 bits per heavy atom. The highest BCUT2D eigenvalue weighted by molar-refractivity contribution is 5.73. The Kier molecular flexibility index (Phi) is 6.23. The van der Waals surface area contributed by atoms with Crippen LogP contribution in [0.5, 0.6) is 0 Å². The van der Waals surface area contributed by atoms with E-state index in [1.807, 2.05) is 0 Å². The molecule has 1 saturated heterocycles. The molecular weight excluding hydrogens is 274 g/mol. The molecule has 0 spiro atoms. The molecular formula is C10H19N3O7. The molecule has 0 radical (unpaired) electrons. The van der Waals surface area contributed by atoms with Crippen LogP contribution in [0.3, 0.4) is 0 Å². The maximum absolute atomic E-state index is 11.4. The van der Waals surface area contributed by atoms with Gasteiger partial charge in [-0.25, -0.2) is 4.79 Å². The van der Waals surface area contributed by atoms with Crippen molar-refractivity contribution in [2.75, 3.05) is 27.8 Å². The lowest BCUT2D eigenvalue weighted by molar-refractivity contribution is -0.165. The molecule has 0 aromatic rings. The molecule has 0 aromatic carbocycles. The highest BCUT2D eigenvalue weighted by Gasteiger charge is 2.46. The lowest BCUT2D eigenvalue weighted by atomic mass is 10.1. The van der Waals surface area contributed by atoms with E-state index in [0.29, 0.717) is 5.01 Å². The SMILES string of the molecule is CO[C@H]1O[C@H]([C@@H](CNC(=O)N(C)N=O)OC)[C@H](O)[C@H]1O. The number of hydrogen-bond acceptors (Lipinski definition) is 8. The van der Waals surface area contributed by atoms with Gasteiger partial charge in [0.2, 0.25) is 0 Å². The largest absolute Gasteiger partial charge is 0.387 e. The summed E-state index contributed by atoms with van der Waals surface area (Å²) in [5, 5.41) is 24.9. The molecule has 0 unspecified atom stereocenters. The van der Waals surface area contributed by atoms with Gasteiger partial charge in [0, 0.05) is 27.8 Å². The summed E-state index contributed by atoms with van der Waals surface area (Å²) in [6.07, 6.45) is -5.01. The smallest absolute Gasteiger partial charge is 0.340 e. The molecule has 2 amide bonds. The number of aliphatic hydroxyl groups excluding tert-OH is 2. The maximum atomic E-state index is 11.4. The first kappa shape index (κ1) is 16.7. The average Bonchev–Trinajstić information content (AvgIpc) is 2.75. The van der Waals surface area contributed by atoms with Gasteiger partial charge in [-0.1, -0.05) is 0 Å². The summed E-state index contributed by atoms with van der Waals surface area (Å²) in [4.78, 5) is 21.5. The van der Waals surface area contributed by atoms with Crippen molar-refractivity contribution in [3.05, 3.63) is 4.91 Å². The molecule has 0 aromatic heterocycles. The van der Waals surface area contributed by atoms with E-state index in [0.717, 1.165) is 0 Å². The summed E-state index contributed by atoms with van der Waals surface area (Å²) in [6.45, 7) is -0.0416. The minimum absolute atomic E-state index is 0.0416. The Morgan fingerprint density at radius 1 is 1.45 bits per heavy atom. The average molecular weight is 293 g/mol. The van der Waals surface area contributed by atoms with E-state index in [1.54, 1.807) is 0 Å². The number of methoxy groups -OCH3 is 2. The fourth-order valence-corrected chi connectivity index (χ4v) is 1.85. The number of nitrogens with one attached hydrogen (secondary N) is 1. The number of rotatable bonds is 6. The third kappa shape index (κ3) is 3.61. The van der Waals surface area contributed by atoms with Gasteiger partial charge in [0.15, 0.2) is 6.29 Å². The fourth-order valence-electron chi connectivity index (χ4n) is 1.85. The van der Waals surface area contributed by atoms with Crippen LogP contribution in [-0.4, -0.2) is 79.8 Å². The predicted octanol–water partition coefficient (Wildman–Crippen LogP) is -1.58. The molecule has 10 heteroatoms. The topological polar surface area (TPSA) is 130 Å². The normalized spacial score (nSPS) is 30.9. The van der Waals surface area contributed by atoms with Crippen molar-refractivity contribution in [2.45, 2.75) is 30.7 Å². The van der Waals surface area contributed by atoms with E-state index in [9.17, 15) is 19.9 Å².